The van der Waals surface area contributed by atoms with Gasteiger partial charge in [0.15, 0.2) is 0 Å². The third kappa shape index (κ3) is 1.93. The van der Waals surface area contributed by atoms with Crippen molar-refractivity contribution in [2.75, 3.05) is 6.61 Å². The Morgan fingerprint density at radius 1 is 1.55 bits per heavy atom. The lowest BCUT2D eigenvalue weighted by atomic mass is 9.82. The minimum absolute atomic E-state index is 0.0786. The van der Waals surface area contributed by atoms with Crippen LogP contribution in [0.2, 0.25) is 0 Å². The monoisotopic (exact) mass is 151 g/mol. The lowest BCUT2D eigenvalue weighted by molar-refractivity contribution is 0.192. The molecule has 11 heavy (non-hydrogen) atoms. The van der Waals surface area contributed by atoms with Crippen LogP contribution in [0.3, 0.4) is 0 Å². The molecule has 1 N–H and O–H groups in total. The van der Waals surface area contributed by atoms with Crippen molar-refractivity contribution in [3.63, 3.8) is 0 Å². The molecule has 0 aromatic rings. The Kier molecular flexibility index (Phi) is 2.50. The Bertz CT molecular complexity index is 187. The molecule has 1 aliphatic rings. The third-order valence-corrected chi connectivity index (χ3v) is 2.06. The van der Waals surface area contributed by atoms with Crippen molar-refractivity contribution >= 4 is 0 Å². The van der Waals surface area contributed by atoms with Gasteiger partial charge in [0.25, 0.3) is 0 Å². The van der Waals surface area contributed by atoms with E-state index in [0.717, 1.165) is 6.42 Å². The van der Waals surface area contributed by atoms with Crippen molar-refractivity contribution in [2.45, 2.75) is 20.3 Å². The summed E-state index contributed by atoms with van der Waals surface area (Å²) in [6.45, 7) is 4.31. The van der Waals surface area contributed by atoms with Crippen molar-refractivity contribution in [1.82, 2.24) is 0 Å². The highest BCUT2D eigenvalue weighted by molar-refractivity contribution is 5.31. The fourth-order valence-electron chi connectivity index (χ4n) is 1.11. The Morgan fingerprint density at radius 3 is 2.73 bits per heavy atom. The Morgan fingerprint density at radius 2 is 2.27 bits per heavy atom. The number of aliphatic hydroxyl groups excluding tert-OH is 1. The average molecular weight is 151 g/mol. The van der Waals surface area contributed by atoms with Crippen LogP contribution in [0.25, 0.3) is 0 Å². The van der Waals surface area contributed by atoms with Crippen LogP contribution in [0, 0.1) is 11.8 Å². The highest BCUT2D eigenvalue weighted by Gasteiger charge is 2.20. The van der Waals surface area contributed by atoms with E-state index >= 15 is 0 Å². The van der Waals surface area contributed by atoms with Gasteiger partial charge in [0.05, 0.1) is 6.61 Å². The molecular weight excluding hydrogens is 136 g/mol. The van der Waals surface area contributed by atoms with Crippen LogP contribution in [0.5, 0.6) is 0 Å². The Balaban J connectivity index is 2.73. The molecule has 0 aromatic carbocycles. The summed E-state index contributed by atoms with van der Waals surface area (Å²) in [5.74, 6) is 0. The van der Waals surface area contributed by atoms with Gasteiger partial charge in [-0.1, -0.05) is 32.1 Å². The molecule has 0 heterocycles. The molecule has 1 radical (unpaired) electrons. The summed E-state index contributed by atoms with van der Waals surface area (Å²) in [5.41, 5.74) is 1.16. The van der Waals surface area contributed by atoms with Gasteiger partial charge in [0.1, 0.15) is 0 Å². The van der Waals surface area contributed by atoms with Gasteiger partial charge in [-0.05, 0) is 18.4 Å². The standard InChI is InChI=1S/C10H15O/c1-10(2,8-11)9-6-4-3-5-7-9/h3-4,6-7,11H,5,8H2,1-2H3. The van der Waals surface area contributed by atoms with E-state index in [1.165, 1.54) is 5.57 Å². The summed E-state index contributed by atoms with van der Waals surface area (Å²) in [5, 5.41) is 9.06. The zero-order valence-electron chi connectivity index (χ0n) is 7.17. The average Bonchev–Trinajstić information content (AvgIpc) is 2.06. The Labute approximate surface area is 68.4 Å². The van der Waals surface area contributed by atoms with Crippen molar-refractivity contribution in [1.29, 1.82) is 0 Å². The minimum Gasteiger partial charge on any atom is -0.395 e. The molecule has 1 nitrogen and oxygen atoms in total. The molecule has 0 atom stereocenters. The second-order valence-corrected chi connectivity index (χ2v) is 3.53. The topological polar surface area (TPSA) is 20.2 Å². The number of allylic oxidation sites excluding steroid dienone is 3. The molecule has 0 amide bonds. The lowest BCUT2D eigenvalue weighted by Gasteiger charge is -2.24. The van der Waals surface area contributed by atoms with Gasteiger partial charge < -0.3 is 5.11 Å². The summed E-state index contributed by atoms with van der Waals surface area (Å²) < 4.78 is 0. The molecule has 0 aliphatic heterocycles. The van der Waals surface area contributed by atoms with E-state index in [4.69, 9.17) is 5.11 Å². The predicted octanol–water partition coefficient (Wildman–Crippen LogP) is 2.10. The number of hydrogen-bond acceptors (Lipinski definition) is 1. The number of hydrogen-bond donors (Lipinski definition) is 1. The molecule has 0 saturated carbocycles. The van der Waals surface area contributed by atoms with Gasteiger partial charge >= 0.3 is 0 Å². The molecule has 61 valence electrons. The first-order valence-corrected chi connectivity index (χ1v) is 3.98. The maximum absolute atomic E-state index is 9.06. The fourth-order valence-corrected chi connectivity index (χ4v) is 1.11. The molecule has 0 fully saturated rings. The van der Waals surface area contributed by atoms with Crippen molar-refractivity contribution < 1.29 is 5.11 Å². The van der Waals surface area contributed by atoms with Crippen molar-refractivity contribution in [3.8, 4) is 0 Å². The summed E-state index contributed by atoms with van der Waals surface area (Å²) >= 11 is 0. The van der Waals surface area contributed by atoms with Gasteiger partial charge in [-0.25, -0.2) is 0 Å². The van der Waals surface area contributed by atoms with E-state index < -0.39 is 0 Å². The highest BCUT2D eigenvalue weighted by Crippen LogP contribution is 2.28. The van der Waals surface area contributed by atoms with Crippen LogP contribution in [-0.2, 0) is 0 Å². The summed E-state index contributed by atoms with van der Waals surface area (Å²) in [7, 11) is 0. The van der Waals surface area contributed by atoms with Crippen molar-refractivity contribution in [2.24, 2.45) is 5.41 Å². The largest absolute Gasteiger partial charge is 0.395 e. The zero-order valence-corrected chi connectivity index (χ0v) is 7.17. The number of rotatable bonds is 2. The van der Waals surface area contributed by atoms with Gasteiger partial charge in [0, 0.05) is 5.41 Å². The van der Waals surface area contributed by atoms with E-state index in [2.05, 4.69) is 32.4 Å². The smallest absolute Gasteiger partial charge is 0.0522 e. The van der Waals surface area contributed by atoms with Gasteiger partial charge in [-0.15, -0.1) is 0 Å². The molecule has 1 rings (SSSR count). The van der Waals surface area contributed by atoms with Crippen LogP contribution in [0.15, 0.2) is 23.8 Å². The summed E-state index contributed by atoms with van der Waals surface area (Å²) in [6.07, 6.45) is 9.38. The van der Waals surface area contributed by atoms with Crippen LogP contribution in [0.4, 0.5) is 0 Å². The summed E-state index contributed by atoms with van der Waals surface area (Å²) in [4.78, 5) is 0. The van der Waals surface area contributed by atoms with Crippen molar-refractivity contribution in [3.05, 3.63) is 30.2 Å². The van der Waals surface area contributed by atoms with E-state index in [1.807, 2.05) is 6.08 Å². The quantitative estimate of drug-likeness (QED) is 0.640. The molecule has 0 unspecified atom stereocenters. The molecule has 0 spiro atoms. The summed E-state index contributed by atoms with van der Waals surface area (Å²) in [6, 6.07) is 0. The lowest BCUT2D eigenvalue weighted by Crippen LogP contribution is -2.19. The maximum atomic E-state index is 9.06. The van der Waals surface area contributed by atoms with E-state index in [1.54, 1.807) is 0 Å². The first kappa shape index (κ1) is 8.54. The highest BCUT2D eigenvalue weighted by atomic mass is 16.3. The number of aliphatic hydroxyl groups is 1. The second-order valence-electron chi connectivity index (χ2n) is 3.53. The molecule has 0 saturated heterocycles. The maximum Gasteiger partial charge on any atom is 0.0522 e. The fraction of sp³-hybridized carbons (Fsp3) is 0.500. The first-order valence-electron chi connectivity index (χ1n) is 3.98. The third-order valence-electron chi connectivity index (χ3n) is 2.06. The SMILES string of the molecule is CC(C)(CO)C1=CC[CH]C=C1. The van der Waals surface area contributed by atoms with E-state index in [0.29, 0.717) is 0 Å². The van der Waals surface area contributed by atoms with Crippen LogP contribution >= 0.6 is 0 Å². The second kappa shape index (κ2) is 3.22. The van der Waals surface area contributed by atoms with Gasteiger partial charge in [-0.3, -0.25) is 0 Å². The zero-order chi connectivity index (χ0) is 8.32. The van der Waals surface area contributed by atoms with Crippen LogP contribution in [-0.4, -0.2) is 11.7 Å². The molecule has 1 heteroatoms. The predicted molar refractivity (Wildman–Crippen MR) is 47.0 cm³/mol. The first-order chi connectivity index (χ1) is 5.17. The molecule has 0 bridgehead atoms. The Hall–Kier alpha value is -0.560. The van der Waals surface area contributed by atoms with Gasteiger partial charge in [-0.2, -0.15) is 0 Å². The molecule has 0 aromatic heterocycles. The van der Waals surface area contributed by atoms with Gasteiger partial charge in [0.2, 0.25) is 0 Å². The van der Waals surface area contributed by atoms with E-state index in [9.17, 15) is 0 Å². The molecular formula is C10H15O. The van der Waals surface area contributed by atoms with E-state index in [-0.39, 0.29) is 12.0 Å². The minimum atomic E-state index is -0.0786. The van der Waals surface area contributed by atoms with Crippen LogP contribution in [0.1, 0.15) is 20.3 Å². The normalized spacial score (nSPS) is 18.3. The molecule has 1 aliphatic carbocycles. The van der Waals surface area contributed by atoms with Crippen LogP contribution < -0.4 is 0 Å².